The number of nitrogens with zero attached hydrogens (tertiary/aromatic N) is 2. The number of anilines is 1. The van der Waals surface area contributed by atoms with Crippen LogP contribution in [0.25, 0.3) is 0 Å². The van der Waals surface area contributed by atoms with E-state index >= 15 is 0 Å². The van der Waals surface area contributed by atoms with E-state index in [-0.39, 0.29) is 0 Å². The van der Waals surface area contributed by atoms with Crippen LogP contribution in [0.1, 0.15) is 44.6 Å². The average molecular weight is 426 g/mol. The summed E-state index contributed by atoms with van der Waals surface area (Å²) in [6, 6.07) is 8.73. The molecule has 1 amide bonds. The minimum atomic E-state index is -4.53. The third-order valence-corrected chi connectivity index (χ3v) is 6.93. The molecule has 1 saturated heterocycles. The third kappa shape index (κ3) is 5.90. The number of carbonyl (C=O) groups is 1. The van der Waals surface area contributed by atoms with Crippen molar-refractivity contribution in [3.8, 4) is 0 Å². The lowest BCUT2D eigenvalue weighted by Crippen LogP contribution is -2.47. The van der Waals surface area contributed by atoms with Gasteiger partial charge >= 0.3 is 6.18 Å². The number of piperazine rings is 1. The van der Waals surface area contributed by atoms with Gasteiger partial charge in [0.25, 0.3) is 0 Å². The summed E-state index contributed by atoms with van der Waals surface area (Å²) < 4.78 is 39.4. The fourth-order valence-electron chi connectivity index (χ4n) is 5.04. The van der Waals surface area contributed by atoms with E-state index in [2.05, 4.69) is 41.0 Å². The topological polar surface area (TPSA) is 49.6 Å². The maximum atomic E-state index is 13.1. The summed E-state index contributed by atoms with van der Waals surface area (Å²) in [5.41, 5.74) is 7.69. The summed E-state index contributed by atoms with van der Waals surface area (Å²) in [6.45, 7) is 7.21. The Bertz CT molecular complexity index is 693. The molecule has 1 saturated carbocycles. The Morgan fingerprint density at radius 1 is 1.13 bits per heavy atom. The van der Waals surface area contributed by atoms with Gasteiger partial charge in [-0.1, -0.05) is 31.9 Å². The van der Waals surface area contributed by atoms with Crippen LogP contribution in [0.2, 0.25) is 0 Å². The second-order valence-electron chi connectivity index (χ2n) is 8.84. The lowest BCUT2D eigenvalue weighted by Gasteiger charge is -2.38. The Hall–Kier alpha value is -1.76. The number of hydrogen-bond acceptors (Lipinski definition) is 3. The number of carbonyl (C=O) groups excluding carboxylic acids is 1. The van der Waals surface area contributed by atoms with Crippen LogP contribution in [-0.4, -0.2) is 49.7 Å². The Kier molecular flexibility index (Phi) is 7.66. The summed E-state index contributed by atoms with van der Waals surface area (Å²) in [4.78, 5) is 16.2. The van der Waals surface area contributed by atoms with Gasteiger partial charge in [-0.3, -0.25) is 9.69 Å². The maximum Gasteiger partial charge on any atom is 0.400 e. The molecule has 1 atom stereocenters. The Morgan fingerprint density at radius 3 is 2.37 bits per heavy atom. The maximum absolute atomic E-state index is 13.1. The van der Waals surface area contributed by atoms with Gasteiger partial charge < -0.3 is 10.6 Å². The molecule has 30 heavy (non-hydrogen) atoms. The molecule has 0 aromatic heterocycles. The highest BCUT2D eigenvalue weighted by Gasteiger charge is 2.49. The van der Waals surface area contributed by atoms with Gasteiger partial charge in [-0.2, -0.15) is 13.2 Å². The number of benzene rings is 1. The van der Waals surface area contributed by atoms with Crippen LogP contribution in [-0.2, 0) is 11.2 Å². The Morgan fingerprint density at radius 2 is 1.80 bits per heavy atom. The first-order valence-corrected chi connectivity index (χ1v) is 11.2. The number of aryl methyl sites for hydroxylation is 1. The highest BCUT2D eigenvalue weighted by molar-refractivity contribution is 5.77. The quantitative estimate of drug-likeness (QED) is 0.711. The van der Waals surface area contributed by atoms with Crippen LogP contribution in [0.5, 0.6) is 0 Å². The number of primary amides is 1. The first kappa shape index (κ1) is 22.9. The van der Waals surface area contributed by atoms with Gasteiger partial charge in [-0.15, -0.1) is 0 Å². The minimum Gasteiger partial charge on any atom is -0.369 e. The molecule has 1 aliphatic carbocycles. The van der Waals surface area contributed by atoms with Gasteiger partial charge in [0.05, 0.1) is 0 Å². The fraction of sp³-hybridized carbons (Fsp3) is 0.696. The minimum absolute atomic E-state index is 0.444. The SMILES string of the molecule is CCc1cccc(N2CCN(CCC3CCC(C(C(N)=O)C(F)(F)F)CC3)CC2)c1. The molecule has 1 unspecified atom stereocenters. The lowest BCUT2D eigenvalue weighted by atomic mass is 9.74. The zero-order chi connectivity index (χ0) is 21.7. The molecule has 4 nitrogen and oxygen atoms in total. The normalized spacial score (nSPS) is 24.6. The van der Waals surface area contributed by atoms with E-state index in [9.17, 15) is 18.0 Å². The molecule has 7 heteroatoms. The summed E-state index contributed by atoms with van der Waals surface area (Å²) >= 11 is 0. The van der Waals surface area contributed by atoms with Gasteiger partial charge in [0.1, 0.15) is 5.92 Å². The Labute approximate surface area is 177 Å². The zero-order valence-corrected chi connectivity index (χ0v) is 17.8. The predicted octanol–water partition coefficient (Wildman–Crippen LogP) is 4.23. The van der Waals surface area contributed by atoms with E-state index in [0.717, 1.165) is 58.4 Å². The molecule has 3 rings (SSSR count). The second kappa shape index (κ2) is 10.0. The van der Waals surface area contributed by atoms with Crippen molar-refractivity contribution < 1.29 is 18.0 Å². The molecule has 0 spiro atoms. The van der Waals surface area contributed by atoms with Crippen LogP contribution >= 0.6 is 0 Å². The molecular weight excluding hydrogens is 391 g/mol. The second-order valence-corrected chi connectivity index (χ2v) is 8.84. The molecule has 1 aromatic rings. The van der Waals surface area contributed by atoms with Crippen molar-refractivity contribution in [2.24, 2.45) is 23.5 Å². The van der Waals surface area contributed by atoms with Crippen molar-refractivity contribution in [3.63, 3.8) is 0 Å². The molecule has 1 heterocycles. The smallest absolute Gasteiger partial charge is 0.369 e. The van der Waals surface area contributed by atoms with E-state index in [1.807, 2.05) is 0 Å². The predicted molar refractivity (Wildman–Crippen MR) is 113 cm³/mol. The van der Waals surface area contributed by atoms with Crippen molar-refractivity contribution in [1.29, 1.82) is 0 Å². The molecule has 1 aromatic carbocycles. The van der Waals surface area contributed by atoms with Crippen molar-refractivity contribution in [1.82, 2.24) is 4.90 Å². The average Bonchev–Trinajstić information content (AvgIpc) is 2.72. The van der Waals surface area contributed by atoms with E-state index in [4.69, 9.17) is 5.73 Å². The highest BCUT2D eigenvalue weighted by Crippen LogP contribution is 2.41. The summed E-state index contributed by atoms with van der Waals surface area (Å²) in [5, 5.41) is 0. The van der Waals surface area contributed by atoms with Gasteiger partial charge in [-0.25, -0.2) is 0 Å². The zero-order valence-electron chi connectivity index (χ0n) is 17.8. The largest absolute Gasteiger partial charge is 0.400 e. The van der Waals surface area contributed by atoms with E-state index in [1.54, 1.807) is 0 Å². The summed E-state index contributed by atoms with van der Waals surface area (Å²) in [6.07, 6.45) is -0.0641. The summed E-state index contributed by atoms with van der Waals surface area (Å²) in [5.74, 6) is -3.42. The third-order valence-electron chi connectivity index (χ3n) is 6.93. The summed E-state index contributed by atoms with van der Waals surface area (Å²) in [7, 11) is 0. The molecule has 0 bridgehead atoms. The molecule has 168 valence electrons. The number of amides is 1. The van der Waals surface area contributed by atoms with Crippen molar-refractivity contribution in [2.75, 3.05) is 37.6 Å². The first-order chi connectivity index (χ1) is 14.3. The fourth-order valence-corrected chi connectivity index (χ4v) is 5.04. The lowest BCUT2D eigenvalue weighted by molar-refractivity contribution is -0.194. The van der Waals surface area contributed by atoms with Crippen LogP contribution in [0.15, 0.2) is 24.3 Å². The van der Waals surface area contributed by atoms with Crippen molar-refractivity contribution >= 4 is 11.6 Å². The van der Waals surface area contributed by atoms with Crippen LogP contribution < -0.4 is 10.6 Å². The molecule has 1 aliphatic heterocycles. The van der Waals surface area contributed by atoms with Gasteiger partial charge in [0.2, 0.25) is 5.91 Å². The number of rotatable bonds is 7. The number of alkyl halides is 3. The molecular formula is C23H34F3N3O. The number of nitrogens with two attached hydrogens (primary N) is 1. The molecule has 2 fully saturated rings. The Balaban J connectivity index is 1.40. The van der Waals surface area contributed by atoms with E-state index in [0.29, 0.717) is 18.8 Å². The van der Waals surface area contributed by atoms with Gasteiger partial charge in [0.15, 0.2) is 0 Å². The first-order valence-electron chi connectivity index (χ1n) is 11.2. The number of halogens is 3. The van der Waals surface area contributed by atoms with Gasteiger partial charge in [0, 0.05) is 31.9 Å². The van der Waals surface area contributed by atoms with Crippen LogP contribution in [0.4, 0.5) is 18.9 Å². The van der Waals surface area contributed by atoms with Gasteiger partial charge in [-0.05, 0) is 61.8 Å². The van der Waals surface area contributed by atoms with Crippen LogP contribution in [0.3, 0.4) is 0 Å². The van der Waals surface area contributed by atoms with Crippen LogP contribution in [0, 0.1) is 17.8 Å². The van der Waals surface area contributed by atoms with Crippen molar-refractivity contribution in [3.05, 3.63) is 29.8 Å². The molecule has 0 radical (unpaired) electrons. The monoisotopic (exact) mass is 425 g/mol. The number of hydrogen-bond donors (Lipinski definition) is 1. The highest BCUT2D eigenvalue weighted by atomic mass is 19.4. The van der Waals surface area contributed by atoms with E-state index in [1.165, 1.54) is 11.3 Å². The standard InChI is InChI=1S/C23H34F3N3O/c1-2-17-4-3-5-20(16-17)29-14-12-28(13-15-29)11-10-18-6-8-19(9-7-18)21(22(27)30)23(24,25)26/h3-5,16,18-19,21H,2,6-15H2,1H3,(H2,27,30). The van der Waals surface area contributed by atoms with E-state index < -0.39 is 23.9 Å². The molecule has 2 aliphatic rings. The van der Waals surface area contributed by atoms with Crippen molar-refractivity contribution in [2.45, 2.75) is 51.6 Å². The molecule has 2 N–H and O–H groups in total.